The molecule has 190 valence electrons. The van der Waals surface area contributed by atoms with Crippen molar-refractivity contribution >= 4 is 12.2 Å². The Kier molecular flexibility index (Phi) is 6.66. The second-order valence-corrected chi connectivity index (χ2v) is 8.17. The van der Waals surface area contributed by atoms with Crippen molar-refractivity contribution in [1.29, 1.82) is 0 Å². The summed E-state index contributed by atoms with van der Waals surface area (Å²) >= 11 is 0. The van der Waals surface area contributed by atoms with Crippen LogP contribution in [-0.4, -0.2) is 37.5 Å². The molecular weight excluding hydrogens is 507 g/mol. The van der Waals surface area contributed by atoms with Gasteiger partial charge in [0, 0.05) is 16.4 Å². The molecule has 0 aliphatic heterocycles. The van der Waals surface area contributed by atoms with Crippen LogP contribution in [0.1, 0.15) is 13.8 Å². The summed E-state index contributed by atoms with van der Waals surface area (Å²) < 4.78 is 179. The molecule has 0 heterocycles. The van der Waals surface area contributed by atoms with Gasteiger partial charge in [-0.3, -0.25) is 0 Å². The minimum Gasteiger partial charge on any atom is -0.491 e. The summed E-state index contributed by atoms with van der Waals surface area (Å²) in [4.78, 5) is 0. The van der Waals surface area contributed by atoms with E-state index >= 15 is 4.39 Å². The molecule has 2 aliphatic carbocycles. The lowest BCUT2D eigenvalue weighted by molar-refractivity contribution is 0.113. The topological polar surface area (TPSA) is 9.23 Å². The van der Waals surface area contributed by atoms with E-state index in [9.17, 15) is 48.3 Å². The van der Waals surface area contributed by atoms with Crippen molar-refractivity contribution in [2.75, 3.05) is 7.11 Å². The maximum Gasteiger partial charge on any atom is 0.263 e. The van der Waals surface area contributed by atoms with Gasteiger partial charge in [-0.15, -0.1) is 0 Å². The summed E-state index contributed by atoms with van der Waals surface area (Å²) in [5.74, 6) is -20.8. The van der Waals surface area contributed by atoms with E-state index in [0.717, 1.165) is 0 Å². The summed E-state index contributed by atoms with van der Waals surface area (Å²) in [6.45, 7) is -2.58. The molecule has 14 heteroatoms. The highest BCUT2D eigenvalue weighted by atomic mass is 19.2. The summed E-state index contributed by atoms with van der Waals surface area (Å²) in [6.07, 6.45) is -7.31. The van der Waals surface area contributed by atoms with E-state index in [-0.39, 0.29) is 12.2 Å². The molecule has 0 bridgehead atoms. The van der Waals surface area contributed by atoms with Gasteiger partial charge < -0.3 is 4.74 Å². The minimum absolute atomic E-state index is 0.245. The standard InChI is InChI=1S/C21H13BF12O/c1-20(33)4-6(23)8(13(27)18(20)31)22(9-7(24)5-21(2,34)19(32)14(9)28)10-11(25)15(29)16(30)17(35-3)12(10)26/h4-5,18-19H,1-3H3. The second-order valence-electron chi connectivity index (χ2n) is 8.17. The highest BCUT2D eigenvalue weighted by molar-refractivity contribution is 6.87. The monoisotopic (exact) mass is 520 g/mol. The second kappa shape index (κ2) is 8.70. The number of benzene rings is 1. The van der Waals surface area contributed by atoms with Crippen molar-refractivity contribution in [3.05, 3.63) is 69.7 Å². The van der Waals surface area contributed by atoms with E-state index in [1.54, 1.807) is 0 Å². The summed E-state index contributed by atoms with van der Waals surface area (Å²) in [5, 5.41) is 0. The van der Waals surface area contributed by atoms with Crippen LogP contribution in [0.5, 0.6) is 5.75 Å². The van der Waals surface area contributed by atoms with Crippen molar-refractivity contribution < 1.29 is 57.4 Å². The molecular formula is C21H13BF12O. The molecule has 1 aromatic rings. The molecule has 2 aliphatic rings. The third kappa shape index (κ3) is 4.04. The van der Waals surface area contributed by atoms with Crippen molar-refractivity contribution in [2.24, 2.45) is 0 Å². The largest absolute Gasteiger partial charge is 0.491 e. The summed E-state index contributed by atoms with van der Waals surface area (Å²) in [6, 6.07) is 0. The number of hydrogen-bond acceptors (Lipinski definition) is 1. The Hall–Kier alpha value is -2.80. The quantitative estimate of drug-likeness (QED) is 0.195. The van der Waals surface area contributed by atoms with Crippen molar-refractivity contribution in [3.63, 3.8) is 0 Å². The number of methoxy groups -OCH3 is 1. The van der Waals surface area contributed by atoms with Crippen molar-refractivity contribution in [2.45, 2.75) is 37.5 Å². The molecule has 0 radical (unpaired) electrons. The van der Waals surface area contributed by atoms with E-state index in [1.807, 2.05) is 0 Å². The van der Waals surface area contributed by atoms with Crippen LogP contribution < -0.4 is 10.2 Å². The van der Waals surface area contributed by atoms with Crippen molar-refractivity contribution in [1.82, 2.24) is 0 Å². The number of halogens is 12. The molecule has 1 aromatic carbocycles. The Balaban J connectivity index is 2.52. The first kappa shape index (κ1) is 26.8. The molecule has 35 heavy (non-hydrogen) atoms. The smallest absolute Gasteiger partial charge is 0.263 e. The Labute approximate surface area is 190 Å². The van der Waals surface area contributed by atoms with E-state index in [1.165, 1.54) is 0 Å². The van der Waals surface area contributed by atoms with Crippen LogP contribution in [0.2, 0.25) is 0 Å². The summed E-state index contributed by atoms with van der Waals surface area (Å²) in [5.41, 5.74) is -12.8. The SMILES string of the molecule is COc1c(F)c(F)c(F)c(B(C2=C(F)C(F)C(C)(F)C=C2F)C2=C(F)C(F)C(C)(F)C=C2F)c1F. The van der Waals surface area contributed by atoms with Gasteiger partial charge in [-0.1, -0.05) is 0 Å². The highest BCUT2D eigenvalue weighted by Gasteiger charge is 2.52. The van der Waals surface area contributed by atoms with Gasteiger partial charge >= 0.3 is 0 Å². The Morgan fingerprint density at radius 2 is 1.09 bits per heavy atom. The molecule has 4 atom stereocenters. The van der Waals surface area contributed by atoms with Gasteiger partial charge in [-0.25, -0.2) is 48.3 Å². The average molecular weight is 520 g/mol. The van der Waals surface area contributed by atoms with Gasteiger partial charge in [0.1, 0.15) is 23.3 Å². The number of allylic oxidation sites excluding steroid dienone is 8. The predicted octanol–water partition coefficient (Wildman–Crippen LogP) is 6.35. The minimum atomic E-state index is -3.41. The first-order chi connectivity index (χ1) is 16.0. The lowest BCUT2D eigenvalue weighted by atomic mass is 9.33. The third-order valence-corrected chi connectivity index (χ3v) is 5.61. The van der Waals surface area contributed by atoms with Gasteiger partial charge in [0.2, 0.25) is 5.82 Å². The number of alkyl halides is 4. The molecule has 4 unspecified atom stereocenters. The zero-order valence-electron chi connectivity index (χ0n) is 17.8. The van der Waals surface area contributed by atoms with Gasteiger partial charge in [0.15, 0.2) is 46.9 Å². The molecule has 0 N–H and O–H groups in total. The van der Waals surface area contributed by atoms with Crippen LogP contribution in [0.25, 0.3) is 0 Å². The first-order valence-corrected chi connectivity index (χ1v) is 9.61. The van der Waals surface area contributed by atoms with E-state index in [2.05, 4.69) is 4.74 Å². The van der Waals surface area contributed by atoms with Gasteiger partial charge in [0.05, 0.1) is 7.11 Å². The fourth-order valence-electron chi connectivity index (χ4n) is 3.84. The summed E-state index contributed by atoms with van der Waals surface area (Å²) in [7, 11) is 0.539. The lowest BCUT2D eigenvalue weighted by Gasteiger charge is -2.32. The zero-order chi connectivity index (χ0) is 26.8. The van der Waals surface area contributed by atoms with Crippen LogP contribution >= 0.6 is 0 Å². The Morgan fingerprint density at radius 1 is 0.686 bits per heavy atom. The molecule has 0 saturated carbocycles. The average Bonchev–Trinajstić information content (AvgIpc) is 2.74. The number of rotatable bonds is 4. The molecule has 0 saturated heterocycles. The lowest BCUT2D eigenvalue weighted by Crippen LogP contribution is -2.47. The maximum atomic E-state index is 15.1. The first-order valence-electron chi connectivity index (χ1n) is 9.61. The third-order valence-electron chi connectivity index (χ3n) is 5.61. The molecule has 0 amide bonds. The fourth-order valence-corrected chi connectivity index (χ4v) is 3.84. The predicted molar refractivity (Wildman–Crippen MR) is 102 cm³/mol. The molecule has 0 spiro atoms. The van der Waals surface area contributed by atoms with E-state index < -0.39 is 99.1 Å². The fraction of sp³-hybridized carbons (Fsp3) is 0.333. The van der Waals surface area contributed by atoms with Gasteiger partial charge in [-0.05, 0) is 26.0 Å². The van der Waals surface area contributed by atoms with Crippen LogP contribution in [0.15, 0.2) is 46.4 Å². The van der Waals surface area contributed by atoms with Gasteiger partial charge in [0.25, 0.3) is 6.71 Å². The molecule has 0 aromatic heterocycles. The van der Waals surface area contributed by atoms with Crippen LogP contribution in [0.3, 0.4) is 0 Å². The van der Waals surface area contributed by atoms with Crippen LogP contribution in [0.4, 0.5) is 52.7 Å². The van der Waals surface area contributed by atoms with E-state index in [4.69, 9.17) is 0 Å². The van der Waals surface area contributed by atoms with Crippen LogP contribution in [-0.2, 0) is 0 Å². The van der Waals surface area contributed by atoms with Crippen molar-refractivity contribution in [3.8, 4) is 5.75 Å². The number of hydrogen-bond donors (Lipinski definition) is 0. The highest BCUT2D eigenvalue weighted by Crippen LogP contribution is 2.45. The maximum absolute atomic E-state index is 15.1. The van der Waals surface area contributed by atoms with Gasteiger partial charge in [-0.2, -0.15) is 4.39 Å². The zero-order valence-corrected chi connectivity index (χ0v) is 17.8. The number of ether oxygens (including phenoxy) is 1. The Bertz CT molecular complexity index is 1160. The van der Waals surface area contributed by atoms with E-state index in [0.29, 0.717) is 21.0 Å². The molecule has 3 rings (SSSR count). The normalized spacial score (nSPS) is 29.3. The molecule has 1 nitrogen and oxygen atoms in total. The Morgan fingerprint density at radius 3 is 1.46 bits per heavy atom. The van der Waals surface area contributed by atoms with Crippen LogP contribution in [0, 0.1) is 23.3 Å². The molecule has 0 fully saturated rings.